The molecule has 0 fully saturated rings. The average molecular weight is 202 g/mol. The lowest BCUT2D eigenvalue weighted by molar-refractivity contribution is 1.12. The molecule has 1 heterocycles. The lowest BCUT2D eigenvalue weighted by Crippen LogP contribution is -1.82. The van der Waals surface area contributed by atoms with Gasteiger partial charge in [0.25, 0.3) is 0 Å². The highest BCUT2D eigenvalue weighted by molar-refractivity contribution is 7.10. The van der Waals surface area contributed by atoms with Crippen LogP contribution in [-0.4, -0.2) is 10.9 Å². The third-order valence-corrected chi connectivity index (χ3v) is 2.96. The molecule has 1 rings (SSSR count). The zero-order chi connectivity index (χ0) is 8.97. The van der Waals surface area contributed by atoms with Crippen LogP contribution in [0.2, 0.25) is 0 Å². The summed E-state index contributed by atoms with van der Waals surface area (Å²) in [5.41, 5.74) is 4.22. The van der Waals surface area contributed by atoms with Gasteiger partial charge in [-0.1, -0.05) is 12.5 Å². The lowest BCUT2D eigenvalue weighted by Gasteiger charge is -1.96. The van der Waals surface area contributed by atoms with Crippen molar-refractivity contribution in [2.45, 2.75) is 20.3 Å². The van der Waals surface area contributed by atoms with Gasteiger partial charge < -0.3 is 0 Å². The first kappa shape index (κ1) is 9.75. The molecule has 0 aliphatic carbocycles. The van der Waals surface area contributed by atoms with E-state index in [0.717, 1.165) is 12.1 Å². The summed E-state index contributed by atoms with van der Waals surface area (Å²) >= 11 is 7.42. The Morgan fingerprint density at radius 3 is 2.92 bits per heavy atom. The molecule has 1 aromatic rings. The highest BCUT2D eigenvalue weighted by Crippen LogP contribution is 2.18. The van der Waals surface area contributed by atoms with Gasteiger partial charge in [0.15, 0.2) is 0 Å². The number of hydrogen-bond donors (Lipinski definition) is 0. The molecule has 12 heavy (non-hydrogen) atoms. The summed E-state index contributed by atoms with van der Waals surface area (Å²) in [6.45, 7) is 4.13. The van der Waals surface area contributed by atoms with Gasteiger partial charge in [-0.2, -0.15) is 0 Å². The Morgan fingerprint density at radius 1 is 1.75 bits per heavy atom. The van der Waals surface area contributed by atoms with E-state index in [2.05, 4.69) is 18.0 Å². The summed E-state index contributed by atoms with van der Waals surface area (Å²) in [6, 6.07) is 0. The van der Waals surface area contributed by atoms with Gasteiger partial charge >= 0.3 is 0 Å². The van der Waals surface area contributed by atoms with Crippen LogP contribution in [0.4, 0.5) is 0 Å². The highest BCUT2D eigenvalue weighted by atomic mass is 35.5. The van der Waals surface area contributed by atoms with E-state index in [-0.39, 0.29) is 0 Å². The minimum absolute atomic E-state index is 0.619. The van der Waals surface area contributed by atoms with Crippen LogP contribution in [0.15, 0.2) is 11.1 Å². The predicted octanol–water partition coefficient (Wildman–Crippen LogP) is 3.48. The Labute approximate surface area is 82.1 Å². The van der Waals surface area contributed by atoms with Crippen LogP contribution < -0.4 is 0 Å². The maximum Gasteiger partial charge on any atom is 0.0801 e. The molecule has 0 aromatic carbocycles. The zero-order valence-electron chi connectivity index (χ0n) is 7.30. The first-order valence-electron chi connectivity index (χ1n) is 3.93. The minimum atomic E-state index is 0.619. The summed E-state index contributed by atoms with van der Waals surface area (Å²) in [6.07, 6.45) is 3.15. The molecule has 0 saturated heterocycles. The summed E-state index contributed by atoms with van der Waals surface area (Å²) in [7, 11) is 0. The number of aryl methyl sites for hydroxylation is 1. The fraction of sp³-hybridized carbons (Fsp3) is 0.444. The van der Waals surface area contributed by atoms with Crippen LogP contribution in [0.25, 0.3) is 6.08 Å². The maximum atomic E-state index is 5.75. The second-order valence-electron chi connectivity index (χ2n) is 2.59. The molecular weight excluding hydrogens is 190 g/mol. The van der Waals surface area contributed by atoms with Crippen LogP contribution >= 0.6 is 22.9 Å². The average Bonchev–Trinajstić information content (AvgIpc) is 2.47. The Hall–Kier alpha value is -0.340. The molecule has 1 aromatic heterocycles. The third kappa shape index (κ3) is 2.32. The Balaban J connectivity index is 2.85. The van der Waals surface area contributed by atoms with E-state index in [1.807, 2.05) is 12.4 Å². The zero-order valence-corrected chi connectivity index (χ0v) is 8.87. The number of halogens is 1. The van der Waals surface area contributed by atoms with Crippen molar-refractivity contribution in [2.24, 2.45) is 0 Å². The number of rotatable bonds is 3. The van der Waals surface area contributed by atoms with Gasteiger partial charge in [-0.25, -0.2) is 4.98 Å². The van der Waals surface area contributed by atoms with E-state index in [0.29, 0.717) is 5.88 Å². The molecule has 0 aliphatic heterocycles. The fourth-order valence-electron chi connectivity index (χ4n) is 0.870. The fourth-order valence-corrected chi connectivity index (χ4v) is 1.92. The Bertz CT molecular complexity index is 272. The minimum Gasteiger partial charge on any atom is -0.249 e. The van der Waals surface area contributed by atoms with Gasteiger partial charge in [-0.3, -0.25) is 0 Å². The van der Waals surface area contributed by atoms with Crippen LogP contribution in [0.5, 0.6) is 0 Å². The molecule has 0 saturated carbocycles. The Kier molecular flexibility index (Phi) is 3.76. The van der Waals surface area contributed by atoms with Crippen molar-refractivity contribution in [2.75, 3.05) is 5.88 Å². The van der Waals surface area contributed by atoms with E-state index in [1.165, 1.54) is 10.5 Å². The monoisotopic (exact) mass is 201 g/mol. The van der Waals surface area contributed by atoms with E-state index in [1.54, 1.807) is 11.3 Å². The molecule has 0 bridgehead atoms. The summed E-state index contributed by atoms with van der Waals surface area (Å²) < 4.78 is 0. The molecule has 0 unspecified atom stereocenters. The van der Waals surface area contributed by atoms with Crippen molar-refractivity contribution in [1.82, 2.24) is 4.98 Å². The first-order chi connectivity index (χ1) is 5.77. The second-order valence-corrected chi connectivity index (χ2v) is 3.75. The number of thiazole rings is 1. The molecule has 0 aliphatic rings. The molecule has 66 valence electrons. The maximum absolute atomic E-state index is 5.75. The largest absolute Gasteiger partial charge is 0.249 e. The first-order valence-corrected chi connectivity index (χ1v) is 5.34. The van der Waals surface area contributed by atoms with Gasteiger partial charge in [-0.05, 0) is 19.4 Å². The SMILES string of the molecule is CCC(=Cc1scnc1C)CCl. The number of nitrogens with zero attached hydrogens (tertiary/aromatic N) is 1. The van der Waals surface area contributed by atoms with Crippen molar-refractivity contribution in [3.8, 4) is 0 Å². The molecule has 0 amide bonds. The van der Waals surface area contributed by atoms with E-state index in [4.69, 9.17) is 11.6 Å². The van der Waals surface area contributed by atoms with Crippen LogP contribution in [0.1, 0.15) is 23.9 Å². The molecule has 0 N–H and O–H groups in total. The molecule has 3 heteroatoms. The summed E-state index contributed by atoms with van der Waals surface area (Å²) in [4.78, 5) is 5.40. The molecule has 0 spiro atoms. The lowest BCUT2D eigenvalue weighted by atomic mass is 10.2. The smallest absolute Gasteiger partial charge is 0.0801 e. The summed E-state index contributed by atoms with van der Waals surface area (Å²) in [5, 5.41) is 0. The van der Waals surface area contributed by atoms with Gasteiger partial charge in [0.05, 0.1) is 11.2 Å². The molecule has 0 atom stereocenters. The molecular formula is C9H12ClNS. The van der Waals surface area contributed by atoms with Crippen molar-refractivity contribution >= 4 is 29.0 Å². The number of allylic oxidation sites excluding steroid dienone is 1. The van der Waals surface area contributed by atoms with Gasteiger partial charge in [0.2, 0.25) is 0 Å². The Morgan fingerprint density at radius 2 is 2.50 bits per heavy atom. The van der Waals surface area contributed by atoms with Gasteiger partial charge in [0.1, 0.15) is 0 Å². The molecule has 0 radical (unpaired) electrons. The molecule has 1 nitrogen and oxygen atoms in total. The van der Waals surface area contributed by atoms with Gasteiger partial charge in [0, 0.05) is 10.8 Å². The predicted molar refractivity (Wildman–Crippen MR) is 55.8 cm³/mol. The number of alkyl halides is 1. The van der Waals surface area contributed by atoms with Crippen molar-refractivity contribution < 1.29 is 0 Å². The van der Waals surface area contributed by atoms with Crippen molar-refractivity contribution in [3.05, 3.63) is 21.7 Å². The van der Waals surface area contributed by atoms with Gasteiger partial charge in [-0.15, -0.1) is 22.9 Å². The van der Waals surface area contributed by atoms with Crippen molar-refractivity contribution in [3.63, 3.8) is 0 Å². The highest BCUT2D eigenvalue weighted by Gasteiger charge is 1.98. The number of aromatic nitrogens is 1. The third-order valence-electron chi connectivity index (χ3n) is 1.74. The number of hydrogen-bond acceptors (Lipinski definition) is 2. The quantitative estimate of drug-likeness (QED) is 0.683. The van der Waals surface area contributed by atoms with E-state index >= 15 is 0 Å². The van der Waals surface area contributed by atoms with Crippen LogP contribution in [0, 0.1) is 6.92 Å². The standard InChI is InChI=1S/C9H12ClNS/c1-3-8(5-10)4-9-7(2)11-6-12-9/h4,6H,3,5H2,1-2H3. The summed E-state index contributed by atoms with van der Waals surface area (Å²) in [5.74, 6) is 0.619. The topological polar surface area (TPSA) is 12.9 Å². The van der Waals surface area contributed by atoms with Crippen LogP contribution in [0.3, 0.4) is 0 Å². The second kappa shape index (κ2) is 4.63. The van der Waals surface area contributed by atoms with Crippen LogP contribution in [-0.2, 0) is 0 Å². The van der Waals surface area contributed by atoms with E-state index in [9.17, 15) is 0 Å². The van der Waals surface area contributed by atoms with Crippen molar-refractivity contribution in [1.29, 1.82) is 0 Å². The normalized spacial score (nSPS) is 12.1. The van der Waals surface area contributed by atoms with E-state index < -0.39 is 0 Å².